The number of carbonyl (C=O) groups excluding carboxylic acids is 1. The Morgan fingerprint density at radius 1 is 1.03 bits per heavy atom. The molecule has 0 aliphatic carbocycles. The van der Waals surface area contributed by atoms with Crippen LogP contribution in [0.2, 0.25) is 0 Å². The van der Waals surface area contributed by atoms with Crippen LogP contribution in [0.25, 0.3) is 11.0 Å². The minimum atomic E-state index is -3.65. The van der Waals surface area contributed by atoms with E-state index in [0.717, 1.165) is 16.9 Å². The highest BCUT2D eigenvalue weighted by atomic mass is 32.2. The summed E-state index contributed by atoms with van der Waals surface area (Å²) in [6.45, 7) is 0.554. The number of H-pyrrole nitrogens is 1. The zero-order valence-electron chi connectivity index (χ0n) is 19.4. The number of sulfonamides is 1. The Bertz CT molecular complexity index is 1430. The van der Waals surface area contributed by atoms with Crippen LogP contribution in [0.4, 0.5) is 10.1 Å². The summed E-state index contributed by atoms with van der Waals surface area (Å²) in [5, 5.41) is 2.66. The first-order valence-corrected chi connectivity index (χ1v) is 13.1. The van der Waals surface area contributed by atoms with E-state index in [1.165, 1.54) is 40.7 Å². The number of hydrogen-bond donors (Lipinski definition) is 2. The quantitative estimate of drug-likeness (QED) is 0.388. The highest BCUT2D eigenvalue weighted by Gasteiger charge is 2.31. The molecule has 5 rings (SSSR count). The molecular weight excluding hydrogens is 483 g/mol. The number of hydrogen-bond acceptors (Lipinski definition) is 5. The van der Waals surface area contributed by atoms with Crippen LogP contribution >= 0.6 is 0 Å². The van der Waals surface area contributed by atoms with Crippen molar-refractivity contribution in [3.05, 3.63) is 84.4 Å². The number of fused-ring (bicyclic) bond motifs is 1. The van der Waals surface area contributed by atoms with Crippen molar-refractivity contribution >= 4 is 32.7 Å². The second kappa shape index (κ2) is 10.1. The van der Waals surface area contributed by atoms with E-state index in [0.29, 0.717) is 37.4 Å². The number of ether oxygens (including phenoxy) is 1. The number of para-hydroxylation sites is 2. The van der Waals surface area contributed by atoms with Gasteiger partial charge in [0.05, 0.1) is 15.9 Å². The minimum absolute atomic E-state index is 0.172. The van der Waals surface area contributed by atoms with Crippen LogP contribution in [0.15, 0.2) is 77.7 Å². The molecule has 1 aromatic heterocycles. The first kappa shape index (κ1) is 24.0. The van der Waals surface area contributed by atoms with E-state index in [1.54, 1.807) is 12.1 Å². The van der Waals surface area contributed by atoms with Gasteiger partial charge in [-0.15, -0.1) is 0 Å². The summed E-state index contributed by atoms with van der Waals surface area (Å²) in [7, 11) is -3.65. The van der Waals surface area contributed by atoms with Gasteiger partial charge in [-0.25, -0.2) is 17.8 Å². The summed E-state index contributed by atoms with van der Waals surface area (Å²) in [5.74, 6) is 0.646. The van der Waals surface area contributed by atoms with Gasteiger partial charge in [0.2, 0.25) is 10.0 Å². The smallest absolute Gasteiger partial charge is 0.262 e. The van der Waals surface area contributed by atoms with Gasteiger partial charge in [-0.1, -0.05) is 12.1 Å². The molecule has 36 heavy (non-hydrogen) atoms. The zero-order valence-corrected chi connectivity index (χ0v) is 20.2. The second-order valence-corrected chi connectivity index (χ2v) is 10.6. The van der Waals surface area contributed by atoms with E-state index in [4.69, 9.17) is 4.74 Å². The molecule has 1 aliphatic heterocycles. The van der Waals surface area contributed by atoms with Crippen molar-refractivity contribution in [2.75, 3.05) is 25.0 Å². The first-order chi connectivity index (χ1) is 17.4. The molecule has 8 nitrogen and oxygen atoms in total. The molecule has 1 saturated heterocycles. The average molecular weight is 509 g/mol. The second-order valence-electron chi connectivity index (χ2n) is 8.63. The summed E-state index contributed by atoms with van der Waals surface area (Å²) in [4.78, 5) is 20.3. The molecule has 1 amide bonds. The number of nitrogens with zero attached hydrogens (tertiary/aromatic N) is 2. The molecule has 3 aromatic carbocycles. The van der Waals surface area contributed by atoms with E-state index < -0.39 is 21.7 Å². The van der Waals surface area contributed by atoms with Gasteiger partial charge in [0.15, 0.2) is 6.61 Å². The van der Waals surface area contributed by atoms with Gasteiger partial charge in [0.25, 0.3) is 5.91 Å². The lowest BCUT2D eigenvalue weighted by atomic mass is 9.97. The maximum atomic E-state index is 13.2. The van der Waals surface area contributed by atoms with Crippen molar-refractivity contribution < 1.29 is 22.3 Å². The Balaban J connectivity index is 1.16. The standard InChI is InChI=1S/C26H25FN4O4S/c27-19-5-9-21(10-6-19)35-17-25(32)28-20-7-11-22(12-8-20)36(33,34)31-15-13-18(14-16-31)26-29-23-3-1-2-4-24(23)30-26/h1-12,18H,13-17H2,(H,28,32)(H,29,30). The monoisotopic (exact) mass is 508 g/mol. The maximum absolute atomic E-state index is 13.2. The summed E-state index contributed by atoms with van der Waals surface area (Å²) in [6, 6.07) is 19.3. The van der Waals surface area contributed by atoms with Crippen LogP contribution in [0, 0.1) is 5.82 Å². The molecule has 10 heteroatoms. The number of piperidine rings is 1. The predicted octanol–water partition coefficient (Wildman–Crippen LogP) is 4.29. The van der Waals surface area contributed by atoms with Crippen LogP contribution in [0.5, 0.6) is 5.75 Å². The molecule has 2 N–H and O–H groups in total. The molecule has 1 aliphatic rings. The van der Waals surface area contributed by atoms with E-state index in [2.05, 4.69) is 15.3 Å². The zero-order chi connectivity index (χ0) is 25.1. The molecule has 0 saturated carbocycles. The lowest BCUT2D eigenvalue weighted by molar-refractivity contribution is -0.118. The number of benzene rings is 3. The van der Waals surface area contributed by atoms with Crippen molar-refractivity contribution in [3.8, 4) is 5.75 Å². The van der Waals surface area contributed by atoms with Gasteiger partial charge >= 0.3 is 0 Å². The molecule has 1 fully saturated rings. The Kier molecular flexibility index (Phi) is 6.71. The molecule has 0 atom stereocenters. The van der Waals surface area contributed by atoms with Gasteiger partial charge < -0.3 is 15.0 Å². The first-order valence-electron chi connectivity index (χ1n) is 11.6. The predicted molar refractivity (Wildman–Crippen MR) is 134 cm³/mol. The van der Waals surface area contributed by atoms with Crippen molar-refractivity contribution in [1.82, 2.24) is 14.3 Å². The fourth-order valence-corrected chi connectivity index (χ4v) is 5.74. The fraction of sp³-hybridized carbons (Fsp3) is 0.231. The third kappa shape index (κ3) is 5.24. The number of carbonyl (C=O) groups is 1. The summed E-state index contributed by atoms with van der Waals surface area (Å²) in [6.07, 6.45) is 1.36. The molecule has 0 radical (unpaired) electrons. The number of aromatic amines is 1. The number of anilines is 1. The van der Waals surface area contributed by atoms with Gasteiger partial charge in [-0.3, -0.25) is 4.79 Å². The lowest BCUT2D eigenvalue weighted by Gasteiger charge is -2.30. The summed E-state index contributed by atoms with van der Waals surface area (Å²) in [5.41, 5.74) is 2.35. The van der Waals surface area contributed by atoms with Crippen molar-refractivity contribution in [3.63, 3.8) is 0 Å². The average Bonchev–Trinajstić information content (AvgIpc) is 3.33. The van der Waals surface area contributed by atoms with E-state index >= 15 is 0 Å². The van der Waals surface area contributed by atoms with Crippen LogP contribution in [0.1, 0.15) is 24.6 Å². The molecule has 0 spiro atoms. The van der Waals surface area contributed by atoms with Crippen LogP contribution in [0.3, 0.4) is 0 Å². The largest absolute Gasteiger partial charge is 0.484 e. The highest BCUT2D eigenvalue weighted by Crippen LogP contribution is 2.30. The number of nitrogens with one attached hydrogen (secondary N) is 2. The Morgan fingerprint density at radius 2 is 1.72 bits per heavy atom. The van der Waals surface area contributed by atoms with Crippen LogP contribution in [-0.4, -0.2) is 48.3 Å². The number of aromatic nitrogens is 2. The van der Waals surface area contributed by atoms with Gasteiger partial charge in [-0.05, 0) is 73.5 Å². The Hall–Kier alpha value is -3.76. The SMILES string of the molecule is O=C(COc1ccc(F)cc1)Nc1ccc(S(=O)(=O)N2CCC(c3nc4ccccc4[nH]3)CC2)cc1. The van der Waals surface area contributed by atoms with Crippen molar-refractivity contribution in [2.45, 2.75) is 23.7 Å². The highest BCUT2D eigenvalue weighted by molar-refractivity contribution is 7.89. The van der Waals surface area contributed by atoms with Gasteiger partial charge in [-0.2, -0.15) is 4.31 Å². The number of rotatable bonds is 7. The summed E-state index contributed by atoms with van der Waals surface area (Å²) < 4.78 is 46.1. The van der Waals surface area contributed by atoms with E-state index in [9.17, 15) is 17.6 Å². The minimum Gasteiger partial charge on any atom is -0.484 e. The van der Waals surface area contributed by atoms with Crippen LogP contribution < -0.4 is 10.1 Å². The normalized spacial score (nSPS) is 15.1. The van der Waals surface area contributed by atoms with Gasteiger partial charge in [0, 0.05) is 24.7 Å². The third-order valence-electron chi connectivity index (χ3n) is 6.21. The molecule has 186 valence electrons. The number of amides is 1. The topological polar surface area (TPSA) is 104 Å². The Labute approximate surface area is 208 Å². The molecule has 4 aromatic rings. The fourth-order valence-electron chi connectivity index (χ4n) is 4.27. The summed E-state index contributed by atoms with van der Waals surface area (Å²) >= 11 is 0. The van der Waals surface area contributed by atoms with Crippen molar-refractivity contribution in [2.24, 2.45) is 0 Å². The van der Waals surface area contributed by atoms with Gasteiger partial charge in [0.1, 0.15) is 17.4 Å². The third-order valence-corrected chi connectivity index (χ3v) is 8.12. The molecular formula is C26H25FN4O4S. The number of imidazole rings is 1. The maximum Gasteiger partial charge on any atom is 0.262 e. The number of halogens is 1. The van der Waals surface area contributed by atoms with E-state index in [-0.39, 0.29) is 17.4 Å². The Morgan fingerprint density at radius 3 is 2.42 bits per heavy atom. The molecule has 0 bridgehead atoms. The lowest BCUT2D eigenvalue weighted by Crippen LogP contribution is -2.38. The molecule has 0 unspecified atom stereocenters. The van der Waals surface area contributed by atoms with Crippen molar-refractivity contribution in [1.29, 1.82) is 0 Å². The van der Waals surface area contributed by atoms with E-state index in [1.807, 2.05) is 24.3 Å². The van der Waals surface area contributed by atoms with Crippen LogP contribution in [-0.2, 0) is 14.8 Å². The molecule has 2 heterocycles.